The first-order chi connectivity index (χ1) is 11.1. The highest BCUT2D eigenvalue weighted by Crippen LogP contribution is 2.28. The molecule has 0 saturated carbocycles. The molecule has 0 amide bonds. The minimum atomic E-state index is -1.37. The Hall–Kier alpha value is -3.15. The van der Waals surface area contributed by atoms with E-state index >= 15 is 0 Å². The molecule has 6 nitrogen and oxygen atoms in total. The standard InChI is InChI=1S/C17H15NO5/c19-16(20)10-14(17(21)22)18-13-8-4-5-9-15(13)23-11-12-6-2-1-3-7-12/h1-9H,10-11H2,(H,19,20)(H,21,22). The van der Waals surface area contributed by atoms with Gasteiger partial charge in [-0.2, -0.15) is 0 Å². The number of para-hydroxylation sites is 2. The van der Waals surface area contributed by atoms with Gasteiger partial charge in [0.2, 0.25) is 0 Å². The van der Waals surface area contributed by atoms with Crippen LogP contribution in [-0.4, -0.2) is 27.9 Å². The maximum atomic E-state index is 11.1. The molecule has 2 rings (SSSR count). The molecule has 6 heteroatoms. The van der Waals surface area contributed by atoms with E-state index in [0.717, 1.165) is 5.56 Å². The molecule has 0 heterocycles. The molecule has 23 heavy (non-hydrogen) atoms. The van der Waals surface area contributed by atoms with Gasteiger partial charge in [0.1, 0.15) is 23.8 Å². The molecule has 2 aromatic carbocycles. The third kappa shape index (κ3) is 4.96. The number of hydrogen-bond donors (Lipinski definition) is 2. The van der Waals surface area contributed by atoms with E-state index in [2.05, 4.69) is 4.99 Å². The fourth-order valence-electron chi connectivity index (χ4n) is 1.86. The van der Waals surface area contributed by atoms with Gasteiger partial charge in [-0.15, -0.1) is 0 Å². The van der Waals surface area contributed by atoms with Gasteiger partial charge in [0.25, 0.3) is 0 Å². The molecular weight excluding hydrogens is 298 g/mol. The van der Waals surface area contributed by atoms with Crippen LogP contribution in [0.1, 0.15) is 12.0 Å². The SMILES string of the molecule is O=C(O)CC(=Nc1ccccc1OCc1ccccc1)C(=O)O. The molecule has 0 bridgehead atoms. The summed E-state index contributed by atoms with van der Waals surface area (Å²) in [6.45, 7) is 0.300. The molecule has 0 aliphatic heterocycles. The van der Waals surface area contributed by atoms with Crippen molar-refractivity contribution in [3.63, 3.8) is 0 Å². The number of aliphatic carboxylic acids is 2. The highest BCUT2D eigenvalue weighted by molar-refractivity contribution is 6.39. The van der Waals surface area contributed by atoms with Gasteiger partial charge in [0.15, 0.2) is 0 Å². The van der Waals surface area contributed by atoms with Gasteiger partial charge in [-0.1, -0.05) is 42.5 Å². The van der Waals surface area contributed by atoms with Gasteiger partial charge >= 0.3 is 11.9 Å². The van der Waals surface area contributed by atoms with Crippen molar-refractivity contribution in [2.24, 2.45) is 4.99 Å². The van der Waals surface area contributed by atoms with Gasteiger partial charge in [-0.3, -0.25) is 4.79 Å². The highest BCUT2D eigenvalue weighted by atomic mass is 16.5. The lowest BCUT2D eigenvalue weighted by Crippen LogP contribution is -2.17. The van der Waals surface area contributed by atoms with E-state index in [9.17, 15) is 9.59 Å². The lowest BCUT2D eigenvalue weighted by atomic mass is 10.2. The van der Waals surface area contributed by atoms with Crippen LogP contribution >= 0.6 is 0 Å². The van der Waals surface area contributed by atoms with Crippen LogP contribution in [0.3, 0.4) is 0 Å². The molecular formula is C17H15NO5. The summed E-state index contributed by atoms with van der Waals surface area (Å²) in [6, 6.07) is 16.1. The van der Waals surface area contributed by atoms with Crippen LogP contribution in [0.5, 0.6) is 5.75 Å². The predicted molar refractivity (Wildman–Crippen MR) is 84.2 cm³/mol. The summed E-state index contributed by atoms with van der Waals surface area (Å²) in [5, 5.41) is 17.8. The predicted octanol–water partition coefficient (Wildman–Crippen LogP) is 2.90. The van der Waals surface area contributed by atoms with Crippen molar-refractivity contribution in [1.82, 2.24) is 0 Å². The van der Waals surface area contributed by atoms with Gasteiger partial charge in [-0.05, 0) is 17.7 Å². The first-order valence-corrected chi connectivity index (χ1v) is 6.84. The van der Waals surface area contributed by atoms with Gasteiger partial charge in [0.05, 0.1) is 6.42 Å². The Morgan fingerprint density at radius 2 is 1.61 bits per heavy atom. The average Bonchev–Trinajstić information content (AvgIpc) is 2.54. The lowest BCUT2D eigenvalue weighted by Gasteiger charge is -2.09. The fourth-order valence-corrected chi connectivity index (χ4v) is 1.86. The second-order valence-electron chi connectivity index (χ2n) is 4.68. The van der Waals surface area contributed by atoms with E-state index in [1.807, 2.05) is 30.3 Å². The number of aliphatic imine (C=N–C) groups is 1. The van der Waals surface area contributed by atoms with Crippen LogP contribution in [0.15, 0.2) is 59.6 Å². The van der Waals surface area contributed by atoms with E-state index in [-0.39, 0.29) is 5.69 Å². The van der Waals surface area contributed by atoms with E-state index in [0.29, 0.717) is 12.4 Å². The molecule has 118 valence electrons. The minimum Gasteiger partial charge on any atom is -0.487 e. The molecule has 0 fully saturated rings. The van der Waals surface area contributed by atoms with Crippen molar-refractivity contribution in [3.05, 3.63) is 60.2 Å². The summed E-state index contributed by atoms with van der Waals surface area (Å²) < 4.78 is 5.66. The van der Waals surface area contributed by atoms with Crippen LogP contribution in [-0.2, 0) is 16.2 Å². The summed E-state index contributed by atoms with van der Waals surface area (Å²) >= 11 is 0. The lowest BCUT2D eigenvalue weighted by molar-refractivity contribution is -0.137. The maximum Gasteiger partial charge on any atom is 0.350 e. The number of benzene rings is 2. The van der Waals surface area contributed by atoms with E-state index in [1.54, 1.807) is 24.3 Å². The molecule has 2 aromatic rings. The van der Waals surface area contributed by atoms with Crippen molar-refractivity contribution in [2.75, 3.05) is 0 Å². The topological polar surface area (TPSA) is 96.2 Å². The third-order valence-electron chi connectivity index (χ3n) is 2.92. The van der Waals surface area contributed by atoms with E-state index in [4.69, 9.17) is 14.9 Å². The van der Waals surface area contributed by atoms with Crippen LogP contribution < -0.4 is 4.74 Å². The van der Waals surface area contributed by atoms with Crippen molar-refractivity contribution < 1.29 is 24.5 Å². The largest absolute Gasteiger partial charge is 0.487 e. The molecule has 0 aliphatic rings. The van der Waals surface area contributed by atoms with Crippen LogP contribution in [0.2, 0.25) is 0 Å². The Bertz CT molecular complexity index is 725. The molecule has 2 N–H and O–H groups in total. The van der Waals surface area contributed by atoms with Crippen molar-refractivity contribution in [1.29, 1.82) is 0 Å². The average molecular weight is 313 g/mol. The first-order valence-electron chi connectivity index (χ1n) is 6.84. The zero-order valence-corrected chi connectivity index (χ0v) is 12.2. The van der Waals surface area contributed by atoms with E-state index < -0.39 is 24.1 Å². The number of hydrogen-bond acceptors (Lipinski definition) is 4. The number of ether oxygens (including phenoxy) is 1. The fraction of sp³-hybridized carbons (Fsp3) is 0.118. The summed E-state index contributed by atoms with van der Waals surface area (Å²) in [5.41, 5.74) is 0.783. The quantitative estimate of drug-likeness (QED) is 0.766. The second-order valence-corrected chi connectivity index (χ2v) is 4.68. The zero-order chi connectivity index (χ0) is 16.7. The van der Waals surface area contributed by atoms with Crippen molar-refractivity contribution in [3.8, 4) is 5.75 Å². The minimum absolute atomic E-state index is 0.280. The second kappa shape index (κ2) is 7.74. The van der Waals surface area contributed by atoms with E-state index in [1.165, 1.54) is 0 Å². The maximum absolute atomic E-state index is 11.1. The summed E-state index contributed by atoms with van der Waals surface area (Å²) in [5.74, 6) is -2.24. The summed E-state index contributed by atoms with van der Waals surface area (Å²) in [4.78, 5) is 25.7. The summed E-state index contributed by atoms with van der Waals surface area (Å²) in [6.07, 6.45) is -0.664. The molecule has 0 atom stereocenters. The molecule has 0 spiro atoms. The highest BCUT2D eigenvalue weighted by Gasteiger charge is 2.15. The molecule has 0 saturated heterocycles. The monoisotopic (exact) mass is 313 g/mol. The number of rotatable bonds is 7. The van der Waals surface area contributed by atoms with Crippen LogP contribution in [0.4, 0.5) is 5.69 Å². The summed E-state index contributed by atoms with van der Waals surface area (Å²) in [7, 11) is 0. The number of carboxylic acid groups (broad SMARTS) is 2. The number of nitrogens with zero attached hydrogens (tertiary/aromatic N) is 1. The number of carbonyl (C=O) groups is 2. The van der Waals surface area contributed by atoms with Gasteiger partial charge in [-0.25, -0.2) is 9.79 Å². The normalized spacial score (nSPS) is 11.0. The van der Waals surface area contributed by atoms with Crippen molar-refractivity contribution in [2.45, 2.75) is 13.0 Å². The van der Waals surface area contributed by atoms with Crippen molar-refractivity contribution >= 4 is 23.3 Å². The Kier molecular flexibility index (Phi) is 5.46. The Morgan fingerprint density at radius 1 is 0.957 bits per heavy atom. The zero-order valence-electron chi connectivity index (χ0n) is 12.2. The molecule has 0 aromatic heterocycles. The van der Waals surface area contributed by atoms with Gasteiger partial charge < -0.3 is 14.9 Å². The Labute approximate surface area is 132 Å². The molecule has 0 aliphatic carbocycles. The van der Waals surface area contributed by atoms with Gasteiger partial charge in [0, 0.05) is 0 Å². The van der Waals surface area contributed by atoms with Crippen LogP contribution in [0.25, 0.3) is 0 Å². The molecule has 0 radical (unpaired) electrons. The third-order valence-corrected chi connectivity index (χ3v) is 2.92. The number of carboxylic acids is 2. The first kappa shape index (κ1) is 16.2. The smallest absolute Gasteiger partial charge is 0.350 e. The Morgan fingerprint density at radius 3 is 2.26 bits per heavy atom. The molecule has 0 unspecified atom stereocenters. The Balaban J connectivity index is 2.22. The van der Waals surface area contributed by atoms with Crippen LogP contribution in [0, 0.1) is 0 Å².